The third-order valence-electron chi connectivity index (χ3n) is 3.58. The van der Waals surface area contributed by atoms with Crippen LogP contribution in [0.2, 0.25) is 0 Å². The molecule has 1 aliphatic heterocycles. The smallest absolute Gasteiger partial charge is 0.0701 e. The largest absolute Gasteiger partial charge is 0.323 e. The second-order valence-corrected chi connectivity index (χ2v) is 8.13. The predicted octanol–water partition coefficient (Wildman–Crippen LogP) is 2.44. The summed E-state index contributed by atoms with van der Waals surface area (Å²) in [5.74, 6) is 0. The summed E-state index contributed by atoms with van der Waals surface area (Å²) in [6, 6.07) is 4.32. The van der Waals surface area contributed by atoms with E-state index >= 15 is 0 Å². The molecule has 0 aromatic carbocycles. The van der Waals surface area contributed by atoms with Gasteiger partial charge in [-0.05, 0) is 33.5 Å². The topological polar surface area (TPSA) is 41.3 Å². The van der Waals surface area contributed by atoms with E-state index < -0.39 is 0 Å². The molecule has 0 amide bonds. The van der Waals surface area contributed by atoms with Gasteiger partial charge in [0.2, 0.25) is 0 Å². The van der Waals surface area contributed by atoms with Crippen molar-refractivity contribution in [2.75, 3.05) is 32.7 Å². The van der Waals surface area contributed by atoms with Gasteiger partial charge in [0.05, 0.1) is 3.79 Å². The number of thiophene rings is 1. The molecule has 102 valence electrons. The minimum atomic E-state index is 0.0988. The van der Waals surface area contributed by atoms with Crippen LogP contribution in [-0.2, 0) is 0 Å². The van der Waals surface area contributed by atoms with Gasteiger partial charge in [0.15, 0.2) is 0 Å². The van der Waals surface area contributed by atoms with Crippen molar-refractivity contribution in [1.82, 2.24) is 10.2 Å². The van der Waals surface area contributed by atoms with Gasteiger partial charge in [-0.1, -0.05) is 13.8 Å². The Morgan fingerprint density at radius 1 is 1.44 bits per heavy atom. The Kier molecular flexibility index (Phi) is 4.83. The summed E-state index contributed by atoms with van der Waals surface area (Å²) in [7, 11) is 0. The highest BCUT2D eigenvalue weighted by Gasteiger charge is 2.31. The molecule has 3 nitrogen and oxygen atoms in total. The summed E-state index contributed by atoms with van der Waals surface area (Å²) in [5, 5.41) is 3.39. The summed E-state index contributed by atoms with van der Waals surface area (Å²) >= 11 is 5.26. The van der Waals surface area contributed by atoms with E-state index in [1.807, 2.05) is 0 Å². The Morgan fingerprint density at radius 3 is 2.67 bits per heavy atom. The van der Waals surface area contributed by atoms with Crippen molar-refractivity contribution in [2.45, 2.75) is 19.9 Å². The molecular weight excluding hydrogens is 310 g/mol. The number of piperazine rings is 1. The Labute approximate surface area is 122 Å². The fourth-order valence-electron chi connectivity index (χ4n) is 2.42. The fourth-order valence-corrected chi connectivity index (χ4v) is 4.06. The summed E-state index contributed by atoms with van der Waals surface area (Å²) in [6.45, 7) is 10.0. The van der Waals surface area contributed by atoms with Crippen molar-refractivity contribution in [1.29, 1.82) is 0 Å². The first-order chi connectivity index (χ1) is 8.49. The van der Waals surface area contributed by atoms with Crippen molar-refractivity contribution in [2.24, 2.45) is 11.1 Å². The molecule has 1 aliphatic rings. The summed E-state index contributed by atoms with van der Waals surface area (Å²) < 4.78 is 1.16. The lowest BCUT2D eigenvalue weighted by Gasteiger charge is -2.38. The SMILES string of the molecule is CC(C)(CN1CCNCC1)C(N)c1ccc(Br)s1. The van der Waals surface area contributed by atoms with Gasteiger partial charge in [-0.2, -0.15) is 0 Å². The van der Waals surface area contributed by atoms with E-state index in [1.54, 1.807) is 11.3 Å². The van der Waals surface area contributed by atoms with Gasteiger partial charge >= 0.3 is 0 Å². The quantitative estimate of drug-likeness (QED) is 0.890. The third-order valence-corrected chi connectivity index (χ3v) is 5.29. The highest BCUT2D eigenvalue weighted by Crippen LogP contribution is 2.37. The van der Waals surface area contributed by atoms with E-state index in [9.17, 15) is 0 Å². The van der Waals surface area contributed by atoms with Crippen LogP contribution in [0.25, 0.3) is 0 Å². The van der Waals surface area contributed by atoms with Gasteiger partial charge in [-0.3, -0.25) is 0 Å². The van der Waals surface area contributed by atoms with Crippen molar-refractivity contribution in [3.63, 3.8) is 0 Å². The molecule has 1 fully saturated rings. The van der Waals surface area contributed by atoms with Gasteiger partial charge in [-0.15, -0.1) is 11.3 Å². The molecule has 0 spiro atoms. The van der Waals surface area contributed by atoms with Gasteiger partial charge in [0.25, 0.3) is 0 Å². The Hall–Kier alpha value is 0.0600. The lowest BCUT2D eigenvalue weighted by molar-refractivity contribution is 0.140. The maximum Gasteiger partial charge on any atom is 0.0701 e. The molecule has 2 heterocycles. The number of nitrogens with two attached hydrogens (primary N) is 1. The molecule has 5 heteroatoms. The molecule has 2 rings (SSSR count). The van der Waals surface area contributed by atoms with Gasteiger partial charge in [-0.25, -0.2) is 0 Å². The zero-order valence-corrected chi connectivity index (χ0v) is 13.5. The second kappa shape index (κ2) is 6.01. The molecule has 0 radical (unpaired) electrons. The Bertz CT molecular complexity index is 385. The first-order valence-corrected chi connectivity index (χ1v) is 8.04. The predicted molar refractivity (Wildman–Crippen MR) is 82.0 cm³/mol. The van der Waals surface area contributed by atoms with Gasteiger partial charge in [0, 0.05) is 43.6 Å². The number of rotatable bonds is 4. The fraction of sp³-hybridized carbons (Fsp3) is 0.692. The van der Waals surface area contributed by atoms with Crippen molar-refractivity contribution in [3.8, 4) is 0 Å². The average Bonchev–Trinajstić information content (AvgIpc) is 2.75. The Balaban J connectivity index is 2.00. The van der Waals surface area contributed by atoms with Crippen LogP contribution in [0.3, 0.4) is 0 Å². The highest BCUT2D eigenvalue weighted by molar-refractivity contribution is 9.11. The molecule has 0 bridgehead atoms. The van der Waals surface area contributed by atoms with E-state index in [2.05, 4.69) is 52.1 Å². The van der Waals surface area contributed by atoms with Crippen molar-refractivity contribution >= 4 is 27.3 Å². The van der Waals surface area contributed by atoms with E-state index in [4.69, 9.17) is 5.73 Å². The van der Waals surface area contributed by atoms with E-state index in [0.717, 1.165) is 36.5 Å². The Morgan fingerprint density at radius 2 is 2.11 bits per heavy atom. The minimum absolute atomic E-state index is 0.0988. The maximum absolute atomic E-state index is 6.45. The standard InChI is InChI=1S/C13H22BrN3S/c1-13(2,9-17-7-5-16-6-8-17)12(15)10-3-4-11(14)18-10/h3-4,12,16H,5-9,15H2,1-2H3. The van der Waals surface area contributed by atoms with Gasteiger partial charge in [0.1, 0.15) is 0 Å². The molecule has 1 aromatic rings. The normalized spacial score (nSPS) is 20.0. The molecule has 0 aliphatic carbocycles. The minimum Gasteiger partial charge on any atom is -0.323 e. The van der Waals surface area contributed by atoms with Crippen LogP contribution in [0.1, 0.15) is 24.8 Å². The first-order valence-electron chi connectivity index (χ1n) is 6.43. The molecule has 1 aromatic heterocycles. The third kappa shape index (κ3) is 3.54. The van der Waals surface area contributed by atoms with E-state index in [0.29, 0.717) is 0 Å². The maximum atomic E-state index is 6.45. The number of halogens is 1. The molecule has 1 saturated heterocycles. The molecule has 1 unspecified atom stereocenters. The average molecular weight is 332 g/mol. The van der Waals surface area contributed by atoms with Crippen molar-refractivity contribution < 1.29 is 0 Å². The van der Waals surface area contributed by atoms with Crippen LogP contribution in [0.5, 0.6) is 0 Å². The van der Waals surface area contributed by atoms with Crippen LogP contribution in [0, 0.1) is 5.41 Å². The second-order valence-electron chi connectivity index (χ2n) is 5.63. The van der Waals surface area contributed by atoms with E-state index in [-0.39, 0.29) is 11.5 Å². The van der Waals surface area contributed by atoms with E-state index in [1.165, 1.54) is 4.88 Å². The van der Waals surface area contributed by atoms with Crippen LogP contribution >= 0.6 is 27.3 Å². The van der Waals surface area contributed by atoms with Crippen LogP contribution < -0.4 is 11.1 Å². The van der Waals surface area contributed by atoms with Crippen LogP contribution in [-0.4, -0.2) is 37.6 Å². The van der Waals surface area contributed by atoms with Crippen LogP contribution in [0.4, 0.5) is 0 Å². The monoisotopic (exact) mass is 331 g/mol. The summed E-state index contributed by atoms with van der Waals surface area (Å²) in [4.78, 5) is 3.78. The number of hydrogen-bond donors (Lipinski definition) is 2. The molecule has 3 N–H and O–H groups in total. The summed E-state index contributed by atoms with van der Waals surface area (Å²) in [5.41, 5.74) is 6.55. The van der Waals surface area contributed by atoms with Crippen LogP contribution in [0.15, 0.2) is 15.9 Å². The van der Waals surface area contributed by atoms with Gasteiger partial charge < -0.3 is 16.0 Å². The zero-order valence-electron chi connectivity index (χ0n) is 11.1. The number of nitrogens with zero attached hydrogens (tertiary/aromatic N) is 1. The molecular formula is C13H22BrN3S. The number of nitrogens with one attached hydrogen (secondary N) is 1. The molecule has 0 saturated carbocycles. The first kappa shape index (κ1) is 14.5. The summed E-state index contributed by atoms with van der Waals surface area (Å²) in [6.07, 6.45) is 0. The lowest BCUT2D eigenvalue weighted by atomic mass is 9.83. The highest BCUT2D eigenvalue weighted by atomic mass is 79.9. The lowest BCUT2D eigenvalue weighted by Crippen LogP contribution is -2.49. The molecule has 1 atom stereocenters. The zero-order chi connectivity index (χ0) is 13.2. The van der Waals surface area contributed by atoms with Crippen molar-refractivity contribution in [3.05, 3.63) is 20.8 Å². The molecule has 18 heavy (non-hydrogen) atoms. The number of hydrogen-bond acceptors (Lipinski definition) is 4.